The van der Waals surface area contributed by atoms with E-state index in [0.29, 0.717) is 15.8 Å². The number of benzene rings is 1. The molecule has 2 aromatic heterocycles. The Hall–Kier alpha value is -3.63. The highest BCUT2D eigenvalue weighted by Crippen LogP contribution is 2.31. The molecular formula is C21H20F3N3O5. The van der Waals surface area contributed by atoms with E-state index in [0.717, 1.165) is 0 Å². The topological polar surface area (TPSA) is 103 Å². The Morgan fingerprint density at radius 2 is 1.81 bits per heavy atom. The number of aromatic nitrogens is 3. The Balaban J connectivity index is 1.75. The summed E-state index contributed by atoms with van der Waals surface area (Å²) in [5, 5.41) is 0. The first kappa shape index (κ1) is 23.0. The molecule has 0 unspecified atom stereocenters. The highest BCUT2D eigenvalue weighted by atomic mass is 19.4. The third kappa shape index (κ3) is 4.51. The smallest absolute Gasteiger partial charge is 0.449 e. The fraction of sp³-hybridized carbons (Fsp3) is 0.333. The molecule has 3 aromatic rings. The molecule has 3 rings (SSSR count). The van der Waals surface area contributed by atoms with E-state index in [4.69, 9.17) is 9.47 Å². The molecule has 8 nitrogen and oxygen atoms in total. The van der Waals surface area contributed by atoms with Gasteiger partial charge in [-0.25, -0.2) is 9.78 Å². The van der Waals surface area contributed by atoms with E-state index in [2.05, 4.69) is 9.97 Å². The summed E-state index contributed by atoms with van der Waals surface area (Å²) in [6, 6.07) is 5.85. The SMILES string of the molecule is CCOC(=O)c1[nH]c(C)c(C(=O)COC(=O)Cn2c(C(F)(F)F)nc3ccccc32)c1C. The number of Topliss-reactive ketones (excluding diaryl/α,β-unsaturated/α-hetero) is 1. The van der Waals surface area contributed by atoms with Gasteiger partial charge < -0.3 is 19.0 Å². The van der Waals surface area contributed by atoms with Crippen LogP contribution >= 0.6 is 0 Å². The molecule has 0 bridgehead atoms. The van der Waals surface area contributed by atoms with E-state index in [1.165, 1.54) is 31.2 Å². The van der Waals surface area contributed by atoms with E-state index in [9.17, 15) is 27.6 Å². The van der Waals surface area contributed by atoms with Crippen molar-refractivity contribution in [3.8, 4) is 0 Å². The van der Waals surface area contributed by atoms with Gasteiger partial charge >= 0.3 is 18.1 Å². The second-order valence-corrected chi connectivity index (χ2v) is 6.94. The van der Waals surface area contributed by atoms with Crippen LogP contribution in [0.1, 0.15) is 44.9 Å². The van der Waals surface area contributed by atoms with Gasteiger partial charge in [-0.1, -0.05) is 12.1 Å². The molecule has 0 amide bonds. The van der Waals surface area contributed by atoms with Crippen LogP contribution in [0.2, 0.25) is 0 Å². The fourth-order valence-corrected chi connectivity index (χ4v) is 3.42. The van der Waals surface area contributed by atoms with Crippen molar-refractivity contribution in [1.82, 2.24) is 14.5 Å². The van der Waals surface area contributed by atoms with E-state index in [-0.39, 0.29) is 28.9 Å². The quantitative estimate of drug-likeness (QED) is 0.435. The van der Waals surface area contributed by atoms with Gasteiger partial charge in [-0.2, -0.15) is 13.2 Å². The van der Waals surface area contributed by atoms with Gasteiger partial charge in [0.05, 0.1) is 17.6 Å². The lowest BCUT2D eigenvalue weighted by Crippen LogP contribution is -2.22. The zero-order valence-electron chi connectivity index (χ0n) is 17.5. The van der Waals surface area contributed by atoms with Crippen LogP contribution in [-0.4, -0.2) is 45.5 Å². The molecule has 1 N–H and O–H groups in total. The van der Waals surface area contributed by atoms with Crippen LogP contribution in [-0.2, 0) is 27.0 Å². The van der Waals surface area contributed by atoms with E-state index in [1.807, 2.05) is 0 Å². The number of nitrogens with one attached hydrogen (secondary N) is 1. The third-order valence-corrected chi connectivity index (χ3v) is 4.76. The minimum Gasteiger partial charge on any atom is -0.461 e. The molecule has 0 radical (unpaired) electrons. The van der Waals surface area contributed by atoms with Gasteiger partial charge in [0.25, 0.3) is 0 Å². The predicted octanol–water partition coefficient (Wildman–Crippen LogP) is 3.60. The first-order valence-electron chi connectivity index (χ1n) is 9.62. The number of carbonyl (C=O) groups is 3. The van der Waals surface area contributed by atoms with E-state index in [1.54, 1.807) is 13.8 Å². The van der Waals surface area contributed by atoms with Gasteiger partial charge in [0, 0.05) is 11.3 Å². The number of ether oxygens (including phenoxy) is 2. The minimum absolute atomic E-state index is 0.0776. The highest BCUT2D eigenvalue weighted by molar-refractivity contribution is 6.03. The Morgan fingerprint density at radius 1 is 1.12 bits per heavy atom. The maximum absolute atomic E-state index is 13.4. The van der Waals surface area contributed by atoms with Crippen LogP contribution in [0.4, 0.5) is 13.2 Å². The number of H-pyrrole nitrogens is 1. The number of carbonyl (C=O) groups excluding carboxylic acids is 3. The Labute approximate surface area is 180 Å². The van der Waals surface area contributed by atoms with Gasteiger partial charge in [0.1, 0.15) is 12.2 Å². The molecule has 0 fully saturated rings. The van der Waals surface area contributed by atoms with Crippen LogP contribution in [0.25, 0.3) is 11.0 Å². The molecule has 0 saturated heterocycles. The standard InChI is InChI=1S/C21H20F3N3O5/c1-4-31-19(30)18-11(2)17(12(3)25-18)15(28)10-32-16(29)9-27-14-8-6-5-7-13(14)26-20(27)21(22,23)24/h5-8,25H,4,9-10H2,1-3H3. The van der Waals surface area contributed by atoms with Crippen LogP contribution in [0.5, 0.6) is 0 Å². The summed E-state index contributed by atoms with van der Waals surface area (Å²) in [4.78, 5) is 43.1. The molecule has 0 saturated carbocycles. The predicted molar refractivity (Wildman–Crippen MR) is 106 cm³/mol. The first-order chi connectivity index (χ1) is 15.0. The maximum atomic E-state index is 13.4. The molecule has 170 valence electrons. The lowest BCUT2D eigenvalue weighted by atomic mass is 10.1. The number of imidazole rings is 1. The number of aryl methyl sites for hydroxylation is 1. The number of esters is 2. The Bertz CT molecular complexity index is 1190. The number of nitrogens with zero attached hydrogens (tertiary/aromatic N) is 2. The van der Waals surface area contributed by atoms with Crippen LogP contribution in [0.15, 0.2) is 24.3 Å². The third-order valence-electron chi connectivity index (χ3n) is 4.76. The lowest BCUT2D eigenvalue weighted by molar-refractivity contribution is -0.150. The maximum Gasteiger partial charge on any atom is 0.449 e. The summed E-state index contributed by atoms with van der Waals surface area (Å²) >= 11 is 0. The van der Waals surface area contributed by atoms with E-state index < -0.39 is 42.9 Å². The number of para-hydroxylation sites is 2. The summed E-state index contributed by atoms with van der Waals surface area (Å²) in [7, 11) is 0. The number of ketones is 1. The zero-order chi connectivity index (χ0) is 23.6. The number of hydrogen-bond acceptors (Lipinski definition) is 6. The van der Waals surface area contributed by atoms with Crippen LogP contribution in [0.3, 0.4) is 0 Å². The molecule has 32 heavy (non-hydrogen) atoms. The van der Waals surface area contributed by atoms with Gasteiger partial charge in [-0.05, 0) is 38.5 Å². The lowest BCUT2D eigenvalue weighted by Gasteiger charge is -2.11. The van der Waals surface area contributed by atoms with Gasteiger partial charge in [-0.15, -0.1) is 0 Å². The molecule has 2 heterocycles. The van der Waals surface area contributed by atoms with Crippen molar-refractivity contribution in [2.45, 2.75) is 33.5 Å². The van der Waals surface area contributed by atoms with Gasteiger partial charge in [-0.3, -0.25) is 9.59 Å². The van der Waals surface area contributed by atoms with Crippen molar-refractivity contribution in [2.24, 2.45) is 0 Å². The molecule has 1 aromatic carbocycles. The minimum atomic E-state index is -4.78. The average Bonchev–Trinajstić information content (AvgIpc) is 3.24. The van der Waals surface area contributed by atoms with Crippen molar-refractivity contribution >= 4 is 28.8 Å². The number of hydrogen-bond donors (Lipinski definition) is 1. The summed E-state index contributed by atoms with van der Waals surface area (Å²) in [5.74, 6) is -3.51. The largest absolute Gasteiger partial charge is 0.461 e. The van der Waals surface area contributed by atoms with Crippen LogP contribution < -0.4 is 0 Å². The molecule has 0 atom stereocenters. The van der Waals surface area contributed by atoms with Gasteiger partial charge in [0.15, 0.2) is 6.61 Å². The zero-order valence-corrected chi connectivity index (χ0v) is 17.5. The highest BCUT2D eigenvalue weighted by Gasteiger charge is 2.38. The Kier molecular flexibility index (Phi) is 6.37. The van der Waals surface area contributed by atoms with Crippen molar-refractivity contribution in [3.05, 3.63) is 52.6 Å². The number of fused-ring (bicyclic) bond motifs is 1. The summed E-state index contributed by atoms with van der Waals surface area (Å²) < 4.78 is 50.6. The number of halogens is 3. The number of aromatic amines is 1. The number of alkyl halides is 3. The van der Waals surface area contributed by atoms with Crippen LogP contribution in [0, 0.1) is 13.8 Å². The normalized spacial score (nSPS) is 11.6. The fourth-order valence-electron chi connectivity index (χ4n) is 3.42. The Morgan fingerprint density at radius 3 is 2.47 bits per heavy atom. The van der Waals surface area contributed by atoms with Crippen molar-refractivity contribution in [2.75, 3.05) is 13.2 Å². The van der Waals surface area contributed by atoms with Gasteiger partial charge in [0.2, 0.25) is 11.6 Å². The summed E-state index contributed by atoms with van der Waals surface area (Å²) in [5.41, 5.74) is 1.17. The molecule has 11 heteroatoms. The molecule has 0 aliphatic carbocycles. The second kappa shape index (κ2) is 8.85. The number of rotatable bonds is 7. The average molecular weight is 451 g/mol. The van der Waals surface area contributed by atoms with Crippen molar-refractivity contribution < 1.29 is 37.0 Å². The summed E-state index contributed by atoms with van der Waals surface area (Å²) in [6.07, 6.45) is -4.78. The van der Waals surface area contributed by atoms with Crippen molar-refractivity contribution in [3.63, 3.8) is 0 Å². The molecular weight excluding hydrogens is 431 g/mol. The first-order valence-corrected chi connectivity index (χ1v) is 9.62. The van der Waals surface area contributed by atoms with E-state index >= 15 is 0 Å². The molecule has 0 spiro atoms. The second-order valence-electron chi connectivity index (χ2n) is 6.94. The van der Waals surface area contributed by atoms with Crippen molar-refractivity contribution in [1.29, 1.82) is 0 Å². The molecule has 0 aliphatic heterocycles. The molecule has 0 aliphatic rings. The summed E-state index contributed by atoms with van der Waals surface area (Å²) in [6.45, 7) is 3.43. The monoisotopic (exact) mass is 451 g/mol.